The summed E-state index contributed by atoms with van der Waals surface area (Å²) in [7, 11) is 1.65. The normalized spacial score (nSPS) is 38.5. The van der Waals surface area contributed by atoms with Gasteiger partial charge in [-0.3, -0.25) is 19.2 Å². The highest BCUT2D eigenvalue weighted by Gasteiger charge is 2.78. The Bertz CT molecular complexity index is 2120. The molecular formula is C50H63N3O9. The van der Waals surface area contributed by atoms with Gasteiger partial charge >= 0.3 is 5.97 Å². The fourth-order valence-electron chi connectivity index (χ4n) is 13.0. The average Bonchev–Trinajstić information content (AvgIpc) is 4.21. The largest absolute Gasteiger partial charge is 0.458 e. The molecule has 0 radical (unpaired) electrons. The van der Waals surface area contributed by atoms with Crippen LogP contribution in [-0.4, -0.2) is 107 Å². The molecule has 9 aliphatic rings. The van der Waals surface area contributed by atoms with Gasteiger partial charge in [0.1, 0.15) is 35.9 Å². The number of hydrogen-bond donors (Lipinski definition) is 2. The van der Waals surface area contributed by atoms with Gasteiger partial charge in [0.2, 0.25) is 11.8 Å². The molecule has 2 N–H and O–H groups in total. The van der Waals surface area contributed by atoms with Gasteiger partial charge in [0, 0.05) is 38.3 Å². The van der Waals surface area contributed by atoms with E-state index in [9.17, 15) is 14.7 Å². The van der Waals surface area contributed by atoms with E-state index >= 15 is 4.79 Å². The number of carbonyl (C=O) groups is 3. The standard InChI is InChI=1S/C50H63N3O9/c1-47(2)26-35-31(14-19-39-48(3,59-39)21-20-36(35)47)25-30-12-8-9-13-32(30)28-53-42-45(56)58-38-27-49(42,43(62-53)41-40(38)60-50(61-41,33-15-16-33)34-17-18-34)46(57)52(4)37(44(55)51-22-23-54)24-29-10-6-5-7-11-29/h5-13,25,33-43,54H,14-24,26-28H2,1-4H3,(H,51,55). The van der Waals surface area contributed by atoms with E-state index in [-0.39, 0.29) is 67.2 Å². The maximum Gasteiger partial charge on any atom is 0.327 e. The number of epoxide rings is 1. The molecule has 11 atom stereocenters. The Balaban J connectivity index is 0.957. The van der Waals surface area contributed by atoms with Crippen molar-refractivity contribution in [3.05, 3.63) is 76.9 Å². The zero-order chi connectivity index (χ0) is 42.8. The van der Waals surface area contributed by atoms with E-state index < -0.39 is 53.7 Å². The van der Waals surface area contributed by atoms with E-state index in [4.69, 9.17) is 23.8 Å². The van der Waals surface area contributed by atoms with Crippen molar-refractivity contribution in [2.24, 2.45) is 34.5 Å². The minimum absolute atomic E-state index is 0.00261. The van der Waals surface area contributed by atoms with Crippen molar-refractivity contribution in [2.45, 2.75) is 152 Å². The first-order valence-electron chi connectivity index (χ1n) is 23.5. The molecule has 12 heteroatoms. The molecule has 2 amide bonds. The van der Waals surface area contributed by atoms with Gasteiger partial charge in [-0.15, -0.1) is 0 Å². The van der Waals surface area contributed by atoms with Crippen LogP contribution in [0.1, 0.15) is 102 Å². The number of nitrogens with zero attached hydrogens (tertiary/aromatic N) is 2. The Morgan fingerprint density at radius 3 is 2.39 bits per heavy atom. The van der Waals surface area contributed by atoms with Crippen LogP contribution in [0.2, 0.25) is 0 Å². The Kier molecular flexibility index (Phi) is 9.91. The van der Waals surface area contributed by atoms with Gasteiger partial charge in [0.15, 0.2) is 11.8 Å². The van der Waals surface area contributed by atoms with E-state index in [1.807, 2.05) is 36.4 Å². The number of rotatable bonds is 12. The lowest BCUT2D eigenvalue weighted by Crippen LogP contribution is -2.70. The zero-order valence-corrected chi connectivity index (χ0v) is 36.6. The number of esters is 1. The van der Waals surface area contributed by atoms with Crippen molar-refractivity contribution in [1.82, 2.24) is 15.3 Å². The molecule has 4 aliphatic heterocycles. The van der Waals surface area contributed by atoms with Crippen LogP contribution in [0, 0.1) is 34.5 Å². The topological polar surface area (TPSA) is 139 Å². The summed E-state index contributed by atoms with van der Waals surface area (Å²) < 4.78 is 26.8. The molecule has 4 saturated heterocycles. The number of aliphatic hydroxyl groups is 1. The molecule has 0 spiro atoms. The van der Waals surface area contributed by atoms with Crippen LogP contribution in [0.4, 0.5) is 0 Å². The molecule has 11 rings (SSSR count). The third kappa shape index (κ3) is 6.63. The van der Waals surface area contributed by atoms with Gasteiger partial charge in [-0.1, -0.05) is 80.1 Å². The van der Waals surface area contributed by atoms with Gasteiger partial charge in [-0.05, 0) is 98.7 Å². The van der Waals surface area contributed by atoms with Crippen LogP contribution >= 0.6 is 0 Å². The second kappa shape index (κ2) is 15.0. The van der Waals surface area contributed by atoms with Crippen molar-refractivity contribution < 1.29 is 43.3 Å². The van der Waals surface area contributed by atoms with Crippen molar-refractivity contribution in [3.8, 4) is 0 Å². The Labute approximate surface area is 364 Å². The third-order valence-corrected chi connectivity index (χ3v) is 16.8. The molecule has 2 aromatic carbocycles. The lowest BCUT2D eigenvalue weighted by molar-refractivity contribution is -0.235. The van der Waals surface area contributed by atoms with Crippen LogP contribution in [-0.2, 0) is 51.1 Å². The number of aliphatic hydroxyl groups excluding tert-OH is 1. The number of allylic oxidation sites excluding steroid dienone is 1. The molecule has 2 bridgehead atoms. The molecule has 12 nitrogen and oxygen atoms in total. The van der Waals surface area contributed by atoms with Crippen molar-refractivity contribution >= 4 is 23.9 Å². The first kappa shape index (κ1) is 41.1. The third-order valence-electron chi connectivity index (χ3n) is 16.8. The highest BCUT2D eigenvalue weighted by atomic mass is 16.8. The molecule has 4 heterocycles. The summed E-state index contributed by atoms with van der Waals surface area (Å²) in [5.74, 6) is -0.434. The molecule has 62 heavy (non-hydrogen) atoms. The summed E-state index contributed by atoms with van der Waals surface area (Å²) in [5, 5.41) is 14.2. The molecule has 11 unspecified atom stereocenters. The van der Waals surface area contributed by atoms with Crippen LogP contribution in [0.25, 0.3) is 6.08 Å². The highest BCUT2D eigenvalue weighted by molar-refractivity contribution is 5.96. The number of carbonyl (C=O) groups excluding carboxylic acids is 3. The first-order valence-corrected chi connectivity index (χ1v) is 23.5. The van der Waals surface area contributed by atoms with Gasteiger partial charge < -0.3 is 34.3 Å². The number of nitrogens with one attached hydrogen (secondary N) is 1. The van der Waals surface area contributed by atoms with E-state index in [2.05, 4.69) is 50.4 Å². The van der Waals surface area contributed by atoms with Gasteiger partial charge in [0.05, 0.1) is 24.9 Å². The SMILES string of the molecule is CN(C(=O)C12CC3OC(=O)C1N(Cc1ccccc1C=C1CCC4OC4(C)CCC4C1CC4(C)C)OC2C1OC(C2CC2)(C2CC2)OC31)C(Cc1ccccc1)C(=O)NCCO. The number of fused-ring (bicyclic) bond motifs is 6. The van der Waals surface area contributed by atoms with Crippen LogP contribution < -0.4 is 5.32 Å². The highest BCUT2D eigenvalue weighted by Crippen LogP contribution is 2.64. The van der Waals surface area contributed by atoms with E-state index in [1.54, 1.807) is 12.1 Å². The van der Waals surface area contributed by atoms with Crippen molar-refractivity contribution in [1.29, 1.82) is 0 Å². The Morgan fingerprint density at radius 2 is 1.66 bits per heavy atom. The minimum Gasteiger partial charge on any atom is -0.458 e. The minimum atomic E-state index is -1.43. The summed E-state index contributed by atoms with van der Waals surface area (Å²) in [4.78, 5) is 53.1. The molecule has 2 aromatic rings. The quantitative estimate of drug-likeness (QED) is 0.201. The van der Waals surface area contributed by atoms with Crippen LogP contribution in [0.15, 0.2) is 60.2 Å². The Morgan fingerprint density at radius 1 is 0.935 bits per heavy atom. The molecule has 332 valence electrons. The number of likely N-dealkylation sites (N-methyl/N-ethyl adjacent to an activating group) is 1. The molecular weight excluding hydrogens is 787 g/mol. The first-order chi connectivity index (χ1) is 29.8. The summed E-state index contributed by atoms with van der Waals surface area (Å²) in [5.41, 5.74) is 3.26. The van der Waals surface area contributed by atoms with E-state index in [1.165, 1.54) is 10.5 Å². The van der Waals surface area contributed by atoms with Gasteiger partial charge in [-0.2, -0.15) is 5.06 Å². The second-order valence-electron chi connectivity index (χ2n) is 21.1. The fraction of sp³-hybridized carbons (Fsp3) is 0.660. The maximum absolute atomic E-state index is 15.7. The smallest absolute Gasteiger partial charge is 0.327 e. The molecule has 5 aliphatic carbocycles. The van der Waals surface area contributed by atoms with Gasteiger partial charge in [0.25, 0.3) is 0 Å². The monoisotopic (exact) mass is 849 g/mol. The number of hydroxylamine groups is 2. The van der Waals surface area contributed by atoms with Crippen molar-refractivity contribution in [3.63, 3.8) is 0 Å². The predicted molar refractivity (Wildman–Crippen MR) is 227 cm³/mol. The maximum atomic E-state index is 15.7. The number of ether oxygens (including phenoxy) is 4. The Hall–Kier alpha value is -3.65. The fourth-order valence-corrected chi connectivity index (χ4v) is 13.0. The summed E-state index contributed by atoms with van der Waals surface area (Å²) >= 11 is 0. The average molecular weight is 850 g/mol. The zero-order valence-electron chi connectivity index (χ0n) is 36.6. The number of hydrogen-bond acceptors (Lipinski definition) is 10. The lowest BCUT2D eigenvalue weighted by Gasteiger charge is -2.53. The van der Waals surface area contributed by atoms with Crippen molar-refractivity contribution in [2.75, 3.05) is 20.2 Å². The lowest BCUT2D eigenvalue weighted by atomic mass is 9.52. The van der Waals surface area contributed by atoms with Gasteiger partial charge in [-0.25, -0.2) is 0 Å². The molecule has 5 saturated carbocycles. The van der Waals surface area contributed by atoms with E-state index in [0.717, 1.165) is 74.5 Å². The summed E-state index contributed by atoms with van der Waals surface area (Å²) in [6.45, 7) is 7.15. The van der Waals surface area contributed by atoms with Crippen LogP contribution in [0.3, 0.4) is 0 Å². The second-order valence-corrected chi connectivity index (χ2v) is 21.1. The number of amides is 2. The molecule has 9 fully saturated rings. The summed E-state index contributed by atoms with van der Waals surface area (Å²) in [6, 6.07) is 15.9. The molecule has 0 aromatic heterocycles. The van der Waals surface area contributed by atoms with E-state index in [0.29, 0.717) is 17.9 Å². The summed E-state index contributed by atoms with van der Waals surface area (Å²) in [6.07, 6.45) is 9.77. The predicted octanol–water partition coefficient (Wildman–Crippen LogP) is 5.74. The number of benzene rings is 2. The van der Waals surface area contributed by atoms with Crippen LogP contribution in [0.5, 0.6) is 0 Å².